The molecule has 47 heavy (non-hydrogen) atoms. The van der Waals surface area contributed by atoms with Gasteiger partial charge in [-0.15, -0.1) is 6.58 Å². The molecular formula is C37H45N3O7. The lowest BCUT2D eigenvalue weighted by Crippen LogP contribution is -2.43. The SMILES string of the molecule is C=C[C@@H]1C[C@H](/C=C/CC(NC(=O)OC(C)(C)C)C(=O)OC)[C@@H]2CN(C(=O)CNC(=O)OCC3c4ccccc4-c4ccccc43)C[C@@H]21. The first-order valence-corrected chi connectivity index (χ1v) is 16.2. The number of carbonyl (C=O) groups excluding carboxylic acids is 4. The Balaban J connectivity index is 1.12. The molecule has 1 heterocycles. The molecule has 1 saturated carbocycles. The maximum atomic E-state index is 13.2. The Morgan fingerprint density at radius 3 is 2.17 bits per heavy atom. The summed E-state index contributed by atoms with van der Waals surface area (Å²) in [4.78, 5) is 52.3. The second-order valence-electron chi connectivity index (χ2n) is 13.5. The standard InChI is InChI=1S/C37H45N3O7/c1-6-23-18-24(12-11-17-32(34(42)45-5)39-36(44)47-37(2,3)4)30-21-40(20-29(23)30)33(41)19-38-35(43)46-22-31-27-15-9-7-13-25(27)26-14-8-10-16-28(26)31/h6-16,23-24,29-32H,1,17-22H2,2-5H3,(H,38,43)(H,39,44)/b12-11+/t23-,24+,29-,30+,32?/m1/s1. The largest absolute Gasteiger partial charge is 0.467 e. The van der Waals surface area contributed by atoms with Gasteiger partial charge in [0.15, 0.2) is 0 Å². The fourth-order valence-corrected chi connectivity index (χ4v) is 7.22. The Morgan fingerprint density at radius 1 is 0.957 bits per heavy atom. The number of hydrogen-bond acceptors (Lipinski definition) is 7. The van der Waals surface area contributed by atoms with Crippen LogP contribution in [0.1, 0.15) is 50.7 Å². The monoisotopic (exact) mass is 643 g/mol. The summed E-state index contributed by atoms with van der Waals surface area (Å²) < 4.78 is 15.8. The van der Waals surface area contributed by atoms with Crippen LogP contribution in [0.2, 0.25) is 0 Å². The smallest absolute Gasteiger partial charge is 0.408 e. The second kappa shape index (κ2) is 14.4. The lowest BCUT2D eigenvalue weighted by atomic mass is 9.90. The van der Waals surface area contributed by atoms with Gasteiger partial charge in [0, 0.05) is 19.0 Å². The molecule has 1 unspecified atom stereocenters. The Labute approximate surface area is 276 Å². The highest BCUT2D eigenvalue weighted by Gasteiger charge is 2.47. The van der Waals surface area contributed by atoms with Crippen molar-refractivity contribution in [2.45, 2.75) is 51.2 Å². The summed E-state index contributed by atoms with van der Waals surface area (Å²) in [5.41, 5.74) is 3.86. The van der Waals surface area contributed by atoms with E-state index in [-0.39, 0.29) is 55.1 Å². The topological polar surface area (TPSA) is 123 Å². The van der Waals surface area contributed by atoms with E-state index in [2.05, 4.69) is 47.6 Å². The van der Waals surface area contributed by atoms with Crippen LogP contribution in [-0.4, -0.2) is 74.0 Å². The summed E-state index contributed by atoms with van der Waals surface area (Å²) in [6, 6.07) is 15.4. The molecule has 10 heteroatoms. The van der Waals surface area contributed by atoms with Gasteiger partial charge >= 0.3 is 18.2 Å². The van der Waals surface area contributed by atoms with E-state index in [9.17, 15) is 19.2 Å². The molecule has 5 atom stereocenters. The van der Waals surface area contributed by atoms with E-state index in [0.717, 1.165) is 28.7 Å². The van der Waals surface area contributed by atoms with Crippen LogP contribution in [0.15, 0.2) is 73.3 Å². The van der Waals surface area contributed by atoms with E-state index < -0.39 is 29.8 Å². The quantitative estimate of drug-likeness (QED) is 0.201. The molecule has 2 aliphatic carbocycles. The maximum Gasteiger partial charge on any atom is 0.408 e. The molecule has 10 nitrogen and oxygen atoms in total. The van der Waals surface area contributed by atoms with E-state index >= 15 is 0 Å². The van der Waals surface area contributed by atoms with Crippen LogP contribution in [-0.2, 0) is 23.8 Å². The lowest BCUT2D eigenvalue weighted by Gasteiger charge is -2.22. The number of nitrogens with one attached hydrogen (secondary N) is 2. The number of benzene rings is 2. The van der Waals surface area contributed by atoms with Gasteiger partial charge in [-0.1, -0.05) is 66.8 Å². The van der Waals surface area contributed by atoms with Gasteiger partial charge in [0.2, 0.25) is 5.91 Å². The summed E-state index contributed by atoms with van der Waals surface area (Å²) in [7, 11) is 1.28. The number of allylic oxidation sites excluding steroid dienone is 2. The van der Waals surface area contributed by atoms with Crippen molar-refractivity contribution in [3.05, 3.63) is 84.5 Å². The number of methoxy groups -OCH3 is 1. The Bertz CT molecular complexity index is 1480. The predicted molar refractivity (Wildman–Crippen MR) is 177 cm³/mol. The zero-order valence-electron chi connectivity index (χ0n) is 27.6. The third-order valence-corrected chi connectivity index (χ3v) is 9.37. The highest BCUT2D eigenvalue weighted by atomic mass is 16.6. The second-order valence-corrected chi connectivity index (χ2v) is 13.5. The van der Waals surface area contributed by atoms with Gasteiger partial charge in [-0.05, 0) is 79.5 Å². The highest BCUT2D eigenvalue weighted by molar-refractivity contribution is 5.83. The minimum absolute atomic E-state index is 0.0568. The van der Waals surface area contributed by atoms with Crippen molar-refractivity contribution in [3.63, 3.8) is 0 Å². The van der Waals surface area contributed by atoms with Crippen molar-refractivity contribution >= 4 is 24.1 Å². The number of amides is 3. The number of nitrogens with zero attached hydrogens (tertiary/aromatic N) is 1. The average Bonchev–Trinajstić information content (AvgIpc) is 3.72. The molecule has 3 aliphatic rings. The molecule has 0 aromatic heterocycles. The van der Waals surface area contributed by atoms with E-state index in [1.807, 2.05) is 36.4 Å². The molecule has 1 saturated heterocycles. The van der Waals surface area contributed by atoms with Gasteiger partial charge in [-0.25, -0.2) is 14.4 Å². The van der Waals surface area contributed by atoms with Crippen molar-refractivity contribution in [3.8, 4) is 11.1 Å². The van der Waals surface area contributed by atoms with Crippen LogP contribution in [0.3, 0.4) is 0 Å². The van der Waals surface area contributed by atoms with Gasteiger partial charge in [-0.2, -0.15) is 0 Å². The third kappa shape index (κ3) is 7.86. The van der Waals surface area contributed by atoms with Crippen LogP contribution < -0.4 is 10.6 Å². The molecule has 250 valence electrons. The van der Waals surface area contributed by atoms with Crippen molar-refractivity contribution in [2.75, 3.05) is 33.4 Å². The zero-order chi connectivity index (χ0) is 33.7. The average molecular weight is 644 g/mol. The lowest BCUT2D eigenvalue weighted by molar-refractivity contribution is -0.143. The van der Waals surface area contributed by atoms with Crippen LogP contribution in [0.4, 0.5) is 9.59 Å². The highest BCUT2D eigenvalue weighted by Crippen LogP contribution is 2.47. The first-order chi connectivity index (χ1) is 22.5. The molecule has 2 N–H and O–H groups in total. The van der Waals surface area contributed by atoms with Crippen LogP contribution in [0.25, 0.3) is 11.1 Å². The Kier molecular flexibility index (Phi) is 10.4. The van der Waals surface area contributed by atoms with Gasteiger partial charge in [0.05, 0.1) is 7.11 Å². The summed E-state index contributed by atoms with van der Waals surface area (Å²) in [5, 5.41) is 5.24. The van der Waals surface area contributed by atoms with Gasteiger partial charge < -0.3 is 29.7 Å². The van der Waals surface area contributed by atoms with Gasteiger partial charge in [0.1, 0.15) is 24.8 Å². The first kappa shape index (κ1) is 33.8. The molecule has 2 fully saturated rings. The number of esters is 1. The summed E-state index contributed by atoms with van der Waals surface area (Å²) in [6.07, 6.45) is 5.72. The minimum atomic E-state index is -0.885. The van der Waals surface area contributed by atoms with Crippen molar-refractivity contribution in [1.82, 2.24) is 15.5 Å². The normalized spacial score (nSPS) is 22.2. The molecular weight excluding hydrogens is 598 g/mol. The van der Waals surface area contributed by atoms with E-state index in [1.165, 1.54) is 7.11 Å². The number of carbonyl (C=O) groups is 4. The zero-order valence-corrected chi connectivity index (χ0v) is 27.6. The first-order valence-electron chi connectivity index (χ1n) is 16.2. The number of rotatable bonds is 10. The molecule has 1 aliphatic heterocycles. The molecule has 0 radical (unpaired) electrons. The Hall–Kier alpha value is -4.60. The van der Waals surface area contributed by atoms with Gasteiger partial charge in [-0.3, -0.25) is 4.79 Å². The number of hydrogen-bond donors (Lipinski definition) is 2. The van der Waals surface area contributed by atoms with E-state index in [1.54, 1.807) is 25.7 Å². The van der Waals surface area contributed by atoms with Crippen molar-refractivity contribution in [2.24, 2.45) is 23.7 Å². The fraction of sp³-hybridized carbons (Fsp3) is 0.459. The molecule has 2 aromatic carbocycles. The van der Waals surface area contributed by atoms with E-state index in [4.69, 9.17) is 14.2 Å². The molecule has 5 rings (SSSR count). The summed E-state index contributed by atoms with van der Waals surface area (Å²) >= 11 is 0. The Morgan fingerprint density at radius 2 is 1.57 bits per heavy atom. The molecule has 0 spiro atoms. The van der Waals surface area contributed by atoms with E-state index in [0.29, 0.717) is 13.1 Å². The number of likely N-dealkylation sites (tertiary alicyclic amines) is 1. The summed E-state index contributed by atoms with van der Waals surface area (Å²) in [6.45, 7) is 10.5. The van der Waals surface area contributed by atoms with Crippen LogP contribution in [0, 0.1) is 23.7 Å². The van der Waals surface area contributed by atoms with Crippen molar-refractivity contribution < 1.29 is 33.4 Å². The van der Waals surface area contributed by atoms with Gasteiger partial charge in [0.25, 0.3) is 0 Å². The molecule has 3 amide bonds. The van der Waals surface area contributed by atoms with Crippen LogP contribution in [0.5, 0.6) is 0 Å². The minimum Gasteiger partial charge on any atom is -0.467 e. The number of alkyl carbamates (subject to hydrolysis) is 2. The number of ether oxygens (including phenoxy) is 3. The third-order valence-electron chi connectivity index (χ3n) is 9.37. The van der Waals surface area contributed by atoms with Crippen molar-refractivity contribution in [1.29, 1.82) is 0 Å². The number of fused-ring (bicyclic) bond motifs is 4. The summed E-state index contributed by atoms with van der Waals surface area (Å²) in [5.74, 6) is 0.0779. The fourth-order valence-electron chi connectivity index (χ4n) is 7.22. The van der Waals surface area contributed by atoms with Crippen LogP contribution >= 0.6 is 0 Å². The maximum absolute atomic E-state index is 13.2. The molecule has 0 bridgehead atoms. The predicted octanol–water partition coefficient (Wildman–Crippen LogP) is 5.43. The molecule has 2 aromatic rings.